The molecule has 0 spiro atoms. The Balaban J connectivity index is 1.87. The highest BCUT2D eigenvalue weighted by atomic mass is 32.2. The molecule has 7 atom stereocenters. The van der Waals surface area contributed by atoms with Crippen molar-refractivity contribution in [1.82, 2.24) is 10.6 Å². The Labute approximate surface area is 142 Å². The maximum absolute atomic E-state index is 12.5. The van der Waals surface area contributed by atoms with Crippen molar-refractivity contribution in [3.8, 4) is 0 Å². The normalized spacial score (nSPS) is 40.2. The molecule has 6 nitrogen and oxygen atoms in total. The van der Waals surface area contributed by atoms with Gasteiger partial charge in [0.2, 0.25) is 5.91 Å². The Bertz CT molecular complexity index is 398. The third-order valence-corrected chi connectivity index (χ3v) is 5.76. The van der Waals surface area contributed by atoms with Crippen LogP contribution in [0, 0.1) is 5.92 Å². The second kappa shape index (κ2) is 8.67. The first-order valence-corrected chi connectivity index (χ1v) is 9.79. The average Bonchev–Trinajstić information content (AvgIpc) is 2.74. The van der Waals surface area contributed by atoms with E-state index in [4.69, 9.17) is 4.74 Å². The summed E-state index contributed by atoms with van der Waals surface area (Å²) in [5, 5.41) is 26.2. The minimum atomic E-state index is -0.880. The molecule has 0 aliphatic carbocycles. The molecule has 134 valence electrons. The Morgan fingerprint density at radius 1 is 1.35 bits per heavy atom. The molecule has 0 aromatic rings. The predicted molar refractivity (Wildman–Crippen MR) is 91.2 cm³/mol. The summed E-state index contributed by atoms with van der Waals surface area (Å²) < 4.78 is 5.83. The first kappa shape index (κ1) is 19.0. The fraction of sp³-hybridized carbons (Fsp3) is 0.938. The number of nitrogens with one attached hydrogen (secondary N) is 2. The van der Waals surface area contributed by atoms with Crippen molar-refractivity contribution < 1.29 is 19.7 Å². The topological polar surface area (TPSA) is 90.8 Å². The van der Waals surface area contributed by atoms with Gasteiger partial charge in [-0.05, 0) is 44.9 Å². The maximum atomic E-state index is 12.5. The number of rotatable bonds is 4. The second-order valence-corrected chi connectivity index (χ2v) is 7.78. The highest BCUT2D eigenvalue weighted by Crippen LogP contribution is 2.28. The molecule has 7 unspecified atom stereocenters. The highest BCUT2D eigenvalue weighted by molar-refractivity contribution is 7.99. The van der Waals surface area contributed by atoms with Gasteiger partial charge in [0.05, 0.1) is 24.3 Å². The first-order chi connectivity index (χ1) is 10.9. The van der Waals surface area contributed by atoms with Gasteiger partial charge in [0, 0.05) is 6.42 Å². The molecule has 7 heteroatoms. The number of thioether (sulfide) groups is 1. The Morgan fingerprint density at radius 3 is 2.78 bits per heavy atom. The van der Waals surface area contributed by atoms with Crippen molar-refractivity contribution >= 4 is 17.7 Å². The summed E-state index contributed by atoms with van der Waals surface area (Å²) in [4.78, 5) is 12.5. The van der Waals surface area contributed by atoms with Crippen molar-refractivity contribution in [1.29, 1.82) is 0 Å². The van der Waals surface area contributed by atoms with Gasteiger partial charge in [0.25, 0.3) is 0 Å². The fourth-order valence-corrected chi connectivity index (χ4v) is 3.94. The van der Waals surface area contributed by atoms with E-state index in [2.05, 4.69) is 17.6 Å². The van der Waals surface area contributed by atoms with Gasteiger partial charge in [0.1, 0.15) is 11.5 Å². The lowest BCUT2D eigenvalue weighted by Gasteiger charge is -2.39. The number of hydrogen-bond acceptors (Lipinski definition) is 6. The van der Waals surface area contributed by atoms with E-state index in [9.17, 15) is 15.0 Å². The predicted octanol–water partition coefficient (Wildman–Crippen LogP) is 0.469. The molecular weight excluding hydrogens is 316 g/mol. The van der Waals surface area contributed by atoms with Crippen LogP contribution in [0.1, 0.15) is 39.5 Å². The van der Waals surface area contributed by atoms with E-state index in [1.165, 1.54) is 11.8 Å². The van der Waals surface area contributed by atoms with Crippen LogP contribution in [0.2, 0.25) is 0 Å². The molecule has 1 amide bonds. The van der Waals surface area contributed by atoms with Crippen LogP contribution in [-0.2, 0) is 9.53 Å². The molecule has 2 heterocycles. The molecule has 0 saturated carbocycles. The molecular formula is C16H30N2O4S. The highest BCUT2D eigenvalue weighted by Gasteiger charge is 2.39. The third kappa shape index (κ3) is 5.06. The SMILES string of the molecule is CSC1OC(C(C)NC(=O)C2CCC(C)CCN2)CC(O)C1O. The lowest BCUT2D eigenvalue weighted by Crippen LogP contribution is -2.55. The van der Waals surface area contributed by atoms with Gasteiger partial charge in [-0.15, -0.1) is 11.8 Å². The molecule has 0 bridgehead atoms. The van der Waals surface area contributed by atoms with Crippen LogP contribution in [0.3, 0.4) is 0 Å². The van der Waals surface area contributed by atoms with Gasteiger partial charge in [-0.3, -0.25) is 4.79 Å². The lowest BCUT2D eigenvalue weighted by atomic mass is 9.98. The van der Waals surface area contributed by atoms with Gasteiger partial charge in [-0.2, -0.15) is 0 Å². The van der Waals surface area contributed by atoms with E-state index in [-0.39, 0.29) is 24.1 Å². The zero-order chi connectivity index (χ0) is 17.0. The standard InChI is InChI=1S/C16H30N2O4S/c1-9-4-5-11(17-7-6-9)15(21)18-10(2)13-8-12(19)14(20)16(22-13)23-3/h9-14,16-17,19-20H,4-8H2,1-3H3,(H,18,21). The van der Waals surface area contributed by atoms with Gasteiger partial charge in [-0.25, -0.2) is 0 Å². The van der Waals surface area contributed by atoms with Crippen LogP contribution in [0.4, 0.5) is 0 Å². The number of amides is 1. The molecule has 0 aromatic heterocycles. The van der Waals surface area contributed by atoms with Crippen LogP contribution in [0.25, 0.3) is 0 Å². The zero-order valence-corrected chi connectivity index (χ0v) is 15.0. The van der Waals surface area contributed by atoms with Gasteiger partial charge >= 0.3 is 0 Å². The summed E-state index contributed by atoms with van der Waals surface area (Å²) in [7, 11) is 0. The summed E-state index contributed by atoms with van der Waals surface area (Å²) in [6.45, 7) is 4.98. The van der Waals surface area contributed by atoms with Gasteiger partial charge in [0.15, 0.2) is 0 Å². The first-order valence-electron chi connectivity index (χ1n) is 8.50. The van der Waals surface area contributed by atoms with Crippen LogP contribution < -0.4 is 10.6 Å². The van der Waals surface area contributed by atoms with Gasteiger partial charge < -0.3 is 25.6 Å². The molecule has 4 N–H and O–H groups in total. The molecule has 23 heavy (non-hydrogen) atoms. The molecule has 0 radical (unpaired) electrons. The summed E-state index contributed by atoms with van der Waals surface area (Å²) in [5.74, 6) is 0.648. The fourth-order valence-electron chi connectivity index (χ4n) is 3.23. The average molecular weight is 346 g/mol. The largest absolute Gasteiger partial charge is 0.390 e. The number of hydrogen-bond donors (Lipinski definition) is 4. The Kier molecular flexibility index (Phi) is 7.16. The maximum Gasteiger partial charge on any atom is 0.237 e. The van der Waals surface area contributed by atoms with E-state index in [1.807, 2.05) is 13.2 Å². The Morgan fingerprint density at radius 2 is 2.09 bits per heavy atom. The second-order valence-electron chi connectivity index (χ2n) is 6.85. The molecule has 2 aliphatic rings. The van der Waals surface area contributed by atoms with Gasteiger partial charge in [-0.1, -0.05) is 6.92 Å². The minimum absolute atomic E-state index is 0.00323. The molecule has 2 aliphatic heterocycles. The number of ether oxygens (including phenoxy) is 1. The van der Waals surface area contributed by atoms with E-state index in [0.29, 0.717) is 12.3 Å². The van der Waals surface area contributed by atoms with E-state index < -0.39 is 17.6 Å². The lowest BCUT2D eigenvalue weighted by molar-refractivity contribution is -0.146. The van der Waals surface area contributed by atoms with Crippen molar-refractivity contribution in [3.63, 3.8) is 0 Å². The Hall–Kier alpha value is -0.340. The molecule has 2 saturated heterocycles. The third-order valence-electron chi connectivity index (χ3n) is 4.91. The number of aliphatic hydroxyl groups is 2. The molecule has 0 aromatic carbocycles. The van der Waals surface area contributed by atoms with E-state index in [0.717, 1.165) is 25.8 Å². The van der Waals surface area contributed by atoms with Crippen LogP contribution in [-0.4, -0.2) is 64.8 Å². The smallest absolute Gasteiger partial charge is 0.237 e. The summed E-state index contributed by atoms with van der Waals surface area (Å²) in [5.41, 5.74) is -0.458. The van der Waals surface area contributed by atoms with Crippen molar-refractivity contribution in [2.75, 3.05) is 12.8 Å². The summed E-state index contributed by atoms with van der Waals surface area (Å²) in [6.07, 6.45) is 3.18. The molecule has 2 rings (SSSR count). The van der Waals surface area contributed by atoms with Crippen LogP contribution in [0.15, 0.2) is 0 Å². The monoisotopic (exact) mass is 346 g/mol. The van der Waals surface area contributed by atoms with E-state index >= 15 is 0 Å². The number of aliphatic hydroxyl groups excluding tert-OH is 2. The number of carbonyl (C=O) groups is 1. The van der Waals surface area contributed by atoms with Crippen LogP contribution >= 0.6 is 11.8 Å². The van der Waals surface area contributed by atoms with Crippen molar-refractivity contribution in [3.05, 3.63) is 0 Å². The quantitative estimate of drug-likeness (QED) is 0.592. The number of carbonyl (C=O) groups excluding carboxylic acids is 1. The summed E-state index contributed by atoms with van der Waals surface area (Å²) >= 11 is 1.37. The van der Waals surface area contributed by atoms with Crippen LogP contribution in [0.5, 0.6) is 0 Å². The van der Waals surface area contributed by atoms with E-state index in [1.54, 1.807) is 0 Å². The zero-order valence-electron chi connectivity index (χ0n) is 14.2. The molecule has 2 fully saturated rings. The minimum Gasteiger partial charge on any atom is -0.390 e. The van der Waals surface area contributed by atoms with Crippen molar-refractivity contribution in [2.45, 2.75) is 75.4 Å². The summed E-state index contributed by atoms with van der Waals surface area (Å²) in [6, 6.07) is -0.361. The van der Waals surface area contributed by atoms with Crippen molar-refractivity contribution in [2.24, 2.45) is 5.92 Å².